The average Bonchev–Trinajstić information content (AvgIpc) is 2.94. The van der Waals surface area contributed by atoms with E-state index in [-0.39, 0.29) is 6.04 Å². The molecular formula is C14H23N5. The zero-order valence-corrected chi connectivity index (χ0v) is 12.2. The van der Waals surface area contributed by atoms with Crippen LogP contribution >= 0.6 is 0 Å². The highest BCUT2D eigenvalue weighted by molar-refractivity contribution is 5.15. The molecule has 0 bridgehead atoms. The molecule has 0 aromatic carbocycles. The van der Waals surface area contributed by atoms with Crippen molar-refractivity contribution in [3.8, 4) is 0 Å². The summed E-state index contributed by atoms with van der Waals surface area (Å²) in [6.45, 7) is 8.15. The van der Waals surface area contributed by atoms with Crippen molar-refractivity contribution in [1.82, 2.24) is 24.6 Å². The van der Waals surface area contributed by atoms with Crippen LogP contribution in [0.3, 0.4) is 0 Å². The second-order valence-electron chi connectivity index (χ2n) is 4.84. The van der Waals surface area contributed by atoms with Crippen molar-refractivity contribution in [2.24, 2.45) is 7.05 Å². The van der Waals surface area contributed by atoms with Crippen LogP contribution in [0.5, 0.6) is 0 Å². The van der Waals surface area contributed by atoms with Crippen LogP contribution < -0.4 is 5.32 Å². The first kappa shape index (κ1) is 13.8. The number of rotatable bonds is 6. The third kappa shape index (κ3) is 3.04. The highest BCUT2D eigenvalue weighted by atomic mass is 15.3. The smallest absolute Gasteiger partial charge is 0.0946 e. The standard InChI is InChI=1S/C14H23N5/c1-5-16-13(14-9-15-10-18(14)4)8-12-7-11(3)17-19(12)6-2/h7,9-10,13,16H,5-6,8H2,1-4H3. The van der Waals surface area contributed by atoms with Gasteiger partial charge >= 0.3 is 0 Å². The number of nitrogens with zero attached hydrogens (tertiary/aromatic N) is 4. The van der Waals surface area contributed by atoms with Gasteiger partial charge in [0.25, 0.3) is 0 Å². The summed E-state index contributed by atoms with van der Waals surface area (Å²) in [5.74, 6) is 0. The summed E-state index contributed by atoms with van der Waals surface area (Å²) in [4.78, 5) is 4.21. The van der Waals surface area contributed by atoms with Gasteiger partial charge in [-0.15, -0.1) is 0 Å². The molecule has 2 heterocycles. The lowest BCUT2D eigenvalue weighted by atomic mass is 10.1. The van der Waals surface area contributed by atoms with Gasteiger partial charge in [0.15, 0.2) is 0 Å². The number of aromatic nitrogens is 4. The fourth-order valence-electron chi connectivity index (χ4n) is 2.48. The highest BCUT2D eigenvalue weighted by Gasteiger charge is 2.17. The second kappa shape index (κ2) is 6.02. The van der Waals surface area contributed by atoms with E-state index in [9.17, 15) is 0 Å². The van der Waals surface area contributed by atoms with E-state index in [0.29, 0.717) is 0 Å². The van der Waals surface area contributed by atoms with Crippen molar-refractivity contribution in [3.63, 3.8) is 0 Å². The van der Waals surface area contributed by atoms with Crippen molar-refractivity contribution in [2.75, 3.05) is 6.54 Å². The predicted octanol–water partition coefficient (Wildman–Crippen LogP) is 1.84. The van der Waals surface area contributed by atoms with E-state index < -0.39 is 0 Å². The van der Waals surface area contributed by atoms with Gasteiger partial charge in [0.2, 0.25) is 0 Å². The van der Waals surface area contributed by atoms with Crippen LogP contribution in [0.25, 0.3) is 0 Å². The van der Waals surface area contributed by atoms with Crippen LogP contribution in [0.15, 0.2) is 18.6 Å². The molecule has 0 aliphatic carbocycles. The van der Waals surface area contributed by atoms with E-state index in [1.807, 2.05) is 26.5 Å². The van der Waals surface area contributed by atoms with Crippen molar-refractivity contribution in [3.05, 3.63) is 35.7 Å². The van der Waals surface area contributed by atoms with Crippen molar-refractivity contribution in [2.45, 2.75) is 39.8 Å². The van der Waals surface area contributed by atoms with Crippen molar-refractivity contribution >= 4 is 0 Å². The Hall–Kier alpha value is -1.62. The molecule has 5 nitrogen and oxygen atoms in total. The van der Waals surface area contributed by atoms with Crippen LogP contribution in [0.2, 0.25) is 0 Å². The highest BCUT2D eigenvalue weighted by Crippen LogP contribution is 2.18. The summed E-state index contributed by atoms with van der Waals surface area (Å²) >= 11 is 0. The molecule has 0 spiro atoms. The number of nitrogens with one attached hydrogen (secondary N) is 1. The quantitative estimate of drug-likeness (QED) is 0.863. The maximum atomic E-state index is 4.51. The minimum Gasteiger partial charge on any atom is -0.336 e. The number of hydrogen-bond acceptors (Lipinski definition) is 3. The molecule has 0 fully saturated rings. The Labute approximate surface area is 114 Å². The molecule has 1 atom stereocenters. The Morgan fingerprint density at radius 2 is 2.16 bits per heavy atom. The SMILES string of the molecule is CCNC(Cc1cc(C)nn1CC)c1cncn1C. The van der Waals surface area contributed by atoms with Gasteiger partial charge in [-0.2, -0.15) is 5.10 Å². The van der Waals surface area contributed by atoms with Gasteiger partial charge in [0, 0.05) is 31.9 Å². The topological polar surface area (TPSA) is 47.7 Å². The summed E-state index contributed by atoms with van der Waals surface area (Å²) < 4.78 is 4.16. The Morgan fingerprint density at radius 1 is 1.37 bits per heavy atom. The summed E-state index contributed by atoms with van der Waals surface area (Å²) in [6.07, 6.45) is 4.72. The van der Waals surface area contributed by atoms with Gasteiger partial charge in [0.05, 0.1) is 23.8 Å². The van der Waals surface area contributed by atoms with E-state index in [0.717, 1.165) is 25.2 Å². The third-order valence-electron chi connectivity index (χ3n) is 3.36. The number of aryl methyl sites for hydroxylation is 3. The Kier molecular flexibility index (Phi) is 4.37. The van der Waals surface area contributed by atoms with Crippen LogP contribution in [0.4, 0.5) is 0 Å². The molecule has 0 saturated carbocycles. The summed E-state index contributed by atoms with van der Waals surface area (Å²) in [7, 11) is 2.04. The van der Waals surface area contributed by atoms with Crippen LogP contribution in [0.1, 0.15) is 37.0 Å². The molecule has 19 heavy (non-hydrogen) atoms. The fourth-order valence-corrected chi connectivity index (χ4v) is 2.48. The molecule has 1 unspecified atom stereocenters. The Morgan fingerprint density at radius 3 is 2.74 bits per heavy atom. The first-order valence-electron chi connectivity index (χ1n) is 6.88. The zero-order valence-electron chi connectivity index (χ0n) is 12.2. The lowest BCUT2D eigenvalue weighted by molar-refractivity contribution is 0.495. The Balaban J connectivity index is 2.23. The van der Waals surface area contributed by atoms with Crippen molar-refractivity contribution < 1.29 is 0 Å². The number of hydrogen-bond donors (Lipinski definition) is 1. The molecule has 2 aromatic rings. The average molecular weight is 261 g/mol. The van der Waals surface area contributed by atoms with E-state index in [2.05, 4.69) is 44.6 Å². The molecule has 104 valence electrons. The third-order valence-corrected chi connectivity index (χ3v) is 3.36. The van der Waals surface area contributed by atoms with E-state index in [1.165, 1.54) is 11.4 Å². The molecule has 2 aromatic heterocycles. The number of imidazole rings is 1. The monoisotopic (exact) mass is 261 g/mol. The molecular weight excluding hydrogens is 238 g/mol. The van der Waals surface area contributed by atoms with Crippen molar-refractivity contribution in [1.29, 1.82) is 0 Å². The molecule has 1 N–H and O–H groups in total. The first-order chi connectivity index (χ1) is 9.15. The summed E-state index contributed by atoms with van der Waals surface area (Å²) in [5, 5.41) is 8.05. The molecule has 0 aliphatic heterocycles. The molecule has 2 rings (SSSR count). The molecule has 5 heteroatoms. The minimum absolute atomic E-state index is 0.277. The van der Waals surface area contributed by atoms with Gasteiger partial charge in [-0.1, -0.05) is 6.92 Å². The maximum absolute atomic E-state index is 4.51. The van der Waals surface area contributed by atoms with Crippen LogP contribution in [0, 0.1) is 6.92 Å². The van der Waals surface area contributed by atoms with E-state index >= 15 is 0 Å². The summed E-state index contributed by atoms with van der Waals surface area (Å²) in [5.41, 5.74) is 3.56. The molecule has 0 aliphatic rings. The predicted molar refractivity (Wildman–Crippen MR) is 76.0 cm³/mol. The molecule has 0 amide bonds. The fraction of sp³-hybridized carbons (Fsp3) is 0.571. The Bertz CT molecular complexity index is 526. The second-order valence-corrected chi connectivity index (χ2v) is 4.84. The normalized spacial score (nSPS) is 12.8. The van der Waals surface area contributed by atoms with Crippen LogP contribution in [-0.2, 0) is 20.0 Å². The molecule has 0 radical (unpaired) electrons. The van der Waals surface area contributed by atoms with E-state index in [4.69, 9.17) is 0 Å². The van der Waals surface area contributed by atoms with Gasteiger partial charge in [-0.25, -0.2) is 4.98 Å². The first-order valence-corrected chi connectivity index (χ1v) is 6.88. The lowest BCUT2D eigenvalue weighted by Gasteiger charge is -2.18. The molecule has 0 saturated heterocycles. The van der Waals surface area contributed by atoms with Gasteiger partial charge in [-0.05, 0) is 26.5 Å². The lowest BCUT2D eigenvalue weighted by Crippen LogP contribution is -2.25. The maximum Gasteiger partial charge on any atom is 0.0946 e. The number of likely N-dealkylation sites (N-methyl/N-ethyl adjacent to an activating group) is 1. The van der Waals surface area contributed by atoms with E-state index in [1.54, 1.807) is 0 Å². The van der Waals surface area contributed by atoms with Gasteiger partial charge in [0.1, 0.15) is 0 Å². The largest absolute Gasteiger partial charge is 0.336 e. The minimum atomic E-state index is 0.277. The summed E-state index contributed by atoms with van der Waals surface area (Å²) in [6, 6.07) is 2.45. The zero-order chi connectivity index (χ0) is 13.8. The van der Waals surface area contributed by atoms with Gasteiger partial charge in [-0.3, -0.25) is 4.68 Å². The van der Waals surface area contributed by atoms with Gasteiger partial charge < -0.3 is 9.88 Å². The van der Waals surface area contributed by atoms with Crippen LogP contribution in [-0.4, -0.2) is 25.9 Å².